The lowest BCUT2D eigenvalue weighted by molar-refractivity contribution is -0.123. The van der Waals surface area contributed by atoms with Gasteiger partial charge in [-0.2, -0.15) is 0 Å². The van der Waals surface area contributed by atoms with E-state index in [9.17, 15) is 9.59 Å². The zero-order valence-corrected chi connectivity index (χ0v) is 16.3. The van der Waals surface area contributed by atoms with Crippen molar-refractivity contribution in [1.82, 2.24) is 4.57 Å². The molecule has 2 heterocycles. The standard InChI is InChI=1S/C22H20N2O5/c1-13(28-22(26)17-8-6-10-24(17)2)21(25)23-16-12-19-15(11-20(16)27-3)14-7-4-5-9-18(14)29-19/h4-13H,1-3H3,(H,23,25)/t13-/m1/s1. The summed E-state index contributed by atoms with van der Waals surface area (Å²) >= 11 is 0. The first-order valence-corrected chi connectivity index (χ1v) is 9.10. The van der Waals surface area contributed by atoms with E-state index in [1.165, 1.54) is 14.0 Å². The lowest BCUT2D eigenvalue weighted by Gasteiger charge is -2.15. The number of furan rings is 1. The van der Waals surface area contributed by atoms with E-state index in [2.05, 4.69) is 5.32 Å². The molecule has 0 aliphatic heterocycles. The Kier molecular flexibility index (Phi) is 4.72. The number of nitrogens with zero attached hydrogens (tertiary/aromatic N) is 1. The fraction of sp³-hybridized carbons (Fsp3) is 0.182. The highest BCUT2D eigenvalue weighted by molar-refractivity contribution is 6.08. The third kappa shape index (κ3) is 3.42. The van der Waals surface area contributed by atoms with Crippen molar-refractivity contribution in [2.75, 3.05) is 12.4 Å². The van der Waals surface area contributed by atoms with Crippen LogP contribution in [0.4, 0.5) is 5.69 Å². The summed E-state index contributed by atoms with van der Waals surface area (Å²) < 4.78 is 18.2. The molecule has 0 bridgehead atoms. The maximum absolute atomic E-state index is 12.6. The van der Waals surface area contributed by atoms with Gasteiger partial charge in [0.2, 0.25) is 0 Å². The van der Waals surface area contributed by atoms with Gasteiger partial charge in [0.25, 0.3) is 5.91 Å². The van der Waals surface area contributed by atoms with Crippen LogP contribution >= 0.6 is 0 Å². The number of carbonyl (C=O) groups is 2. The van der Waals surface area contributed by atoms with Crippen LogP contribution in [-0.4, -0.2) is 29.7 Å². The average molecular weight is 392 g/mol. The van der Waals surface area contributed by atoms with E-state index in [0.717, 1.165) is 16.4 Å². The number of anilines is 1. The summed E-state index contributed by atoms with van der Waals surface area (Å²) in [6.45, 7) is 1.52. The van der Waals surface area contributed by atoms with Crippen molar-refractivity contribution in [1.29, 1.82) is 0 Å². The maximum atomic E-state index is 12.6. The quantitative estimate of drug-likeness (QED) is 0.517. The molecule has 0 spiro atoms. The molecule has 1 atom stereocenters. The topological polar surface area (TPSA) is 82.7 Å². The molecular formula is C22H20N2O5. The number of esters is 1. The Morgan fingerprint density at radius 3 is 2.59 bits per heavy atom. The summed E-state index contributed by atoms with van der Waals surface area (Å²) in [7, 11) is 3.26. The number of nitrogens with one attached hydrogen (secondary N) is 1. The van der Waals surface area contributed by atoms with Crippen LogP contribution in [0, 0.1) is 0 Å². The van der Waals surface area contributed by atoms with Gasteiger partial charge in [-0.25, -0.2) is 4.79 Å². The maximum Gasteiger partial charge on any atom is 0.355 e. The number of benzene rings is 2. The minimum atomic E-state index is -0.992. The van der Waals surface area contributed by atoms with Crippen LogP contribution in [0.5, 0.6) is 5.75 Å². The number of fused-ring (bicyclic) bond motifs is 3. The van der Waals surface area contributed by atoms with Crippen molar-refractivity contribution in [2.24, 2.45) is 7.05 Å². The first-order chi connectivity index (χ1) is 14.0. The fourth-order valence-corrected chi connectivity index (χ4v) is 3.20. The van der Waals surface area contributed by atoms with Crippen LogP contribution in [0.15, 0.2) is 59.1 Å². The fourth-order valence-electron chi connectivity index (χ4n) is 3.20. The highest BCUT2D eigenvalue weighted by Gasteiger charge is 2.22. The Balaban J connectivity index is 1.57. The highest BCUT2D eigenvalue weighted by Crippen LogP contribution is 2.36. The minimum Gasteiger partial charge on any atom is -0.495 e. The van der Waals surface area contributed by atoms with Gasteiger partial charge in [-0.1, -0.05) is 18.2 Å². The van der Waals surface area contributed by atoms with Gasteiger partial charge in [0, 0.05) is 30.1 Å². The van der Waals surface area contributed by atoms with Crippen molar-refractivity contribution >= 4 is 39.5 Å². The van der Waals surface area contributed by atoms with Gasteiger partial charge in [0.1, 0.15) is 22.6 Å². The van der Waals surface area contributed by atoms with Gasteiger partial charge in [-0.15, -0.1) is 0 Å². The Morgan fingerprint density at radius 2 is 1.86 bits per heavy atom. The van der Waals surface area contributed by atoms with Crippen molar-refractivity contribution in [3.63, 3.8) is 0 Å². The van der Waals surface area contributed by atoms with E-state index in [-0.39, 0.29) is 0 Å². The summed E-state index contributed by atoms with van der Waals surface area (Å²) in [5.74, 6) is -0.556. The van der Waals surface area contributed by atoms with Gasteiger partial charge in [0.15, 0.2) is 6.10 Å². The first-order valence-electron chi connectivity index (χ1n) is 9.10. The Bertz CT molecular complexity index is 1220. The van der Waals surface area contributed by atoms with Crippen molar-refractivity contribution < 1.29 is 23.5 Å². The first kappa shape index (κ1) is 18.6. The normalized spacial score (nSPS) is 12.1. The number of para-hydroxylation sites is 1. The molecule has 0 radical (unpaired) electrons. The molecule has 0 aliphatic rings. The molecule has 148 valence electrons. The van der Waals surface area contributed by atoms with E-state index < -0.39 is 18.0 Å². The van der Waals surface area contributed by atoms with E-state index >= 15 is 0 Å². The summed E-state index contributed by atoms with van der Waals surface area (Å²) in [5.41, 5.74) is 2.17. The summed E-state index contributed by atoms with van der Waals surface area (Å²) in [6.07, 6.45) is 0.739. The number of hydrogen-bond donors (Lipinski definition) is 1. The number of aryl methyl sites for hydroxylation is 1. The Morgan fingerprint density at radius 1 is 1.07 bits per heavy atom. The predicted molar refractivity (Wildman–Crippen MR) is 109 cm³/mol. The van der Waals surface area contributed by atoms with E-state index in [1.807, 2.05) is 30.3 Å². The molecule has 0 saturated heterocycles. The molecule has 1 amide bonds. The molecule has 2 aromatic carbocycles. The summed E-state index contributed by atoms with van der Waals surface area (Å²) in [6, 6.07) is 14.6. The van der Waals surface area contributed by atoms with Gasteiger partial charge >= 0.3 is 5.97 Å². The van der Waals surface area contributed by atoms with Gasteiger partial charge < -0.3 is 23.8 Å². The van der Waals surface area contributed by atoms with Gasteiger partial charge in [-0.05, 0) is 31.2 Å². The zero-order valence-electron chi connectivity index (χ0n) is 16.3. The number of rotatable bonds is 5. The number of carbonyl (C=O) groups excluding carboxylic acids is 2. The molecule has 0 saturated carbocycles. The van der Waals surface area contributed by atoms with Crippen LogP contribution in [0.2, 0.25) is 0 Å². The van der Waals surface area contributed by atoms with E-state index in [0.29, 0.717) is 22.7 Å². The molecule has 0 aliphatic carbocycles. The third-order valence-electron chi connectivity index (χ3n) is 4.76. The van der Waals surface area contributed by atoms with Crippen molar-refractivity contribution in [2.45, 2.75) is 13.0 Å². The summed E-state index contributed by atoms with van der Waals surface area (Å²) in [4.78, 5) is 24.8. The van der Waals surface area contributed by atoms with E-state index in [1.54, 1.807) is 36.0 Å². The van der Waals surface area contributed by atoms with Crippen molar-refractivity contribution in [3.05, 3.63) is 60.4 Å². The Labute approximate surface area is 166 Å². The second-order valence-corrected chi connectivity index (χ2v) is 6.69. The van der Waals surface area contributed by atoms with Crippen LogP contribution in [0.3, 0.4) is 0 Å². The van der Waals surface area contributed by atoms with Gasteiger partial charge in [0.05, 0.1) is 12.8 Å². The van der Waals surface area contributed by atoms with E-state index in [4.69, 9.17) is 13.9 Å². The number of aromatic nitrogens is 1. The van der Waals surface area contributed by atoms with Crippen LogP contribution < -0.4 is 10.1 Å². The number of ether oxygens (including phenoxy) is 2. The summed E-state index contributed by atoms with van der Waals surface area (Å²) in [5, 5.41) is 4.60. The van der Waals surface area contributed by atoms with Crippen LogP contribution in [0.25, 0.3) is 21.9 Å². The second-order valence-electron chi connectivity index (χ2n) is 6.69. The molecule has 29 heavy (non-hydrogen) atoms. The lowest BCUT2D eigenvalue weighted by Crippen LogP contribution is -2.30. The smallest absolute Gasteiger partial charge is 0.355 e. The van der Waals surface area contributed by atoms with Gasteiger partial charge in [-0.3, -0.25) is 4.79 Å². The predicted octanol–water partition coefficient (Wildman–Crippen LogP) is 4.12. The molecule has 0 unspecified atom stereocenters. The van der Waals surface area contributed by atoms with Crippen molar-refractivity contribution in [3.8, 4) is 5.75 Å². The second kappa shape index (κ2) is 7.35. The lowest BCUT2D eigenvalue weighted by atomic mass is 10.1. The highest BCUT2D eigenvalue weighted by atomic mass is 16.5. The molecule has 7 heteroatoms. The third-order valence-corrected chi connectivity index (χ3v) is 4.76. The molecule has 4 aromatic rings. The number of methoxy groups -OCH3 is 1. The average Bonchev–Trinajstić information content (AvgIpc) is 3.30. The SMILES string of the molecule is COc1cc2c(cc1NC(=O)[C@@H](C)OC(=O)c1cccn1C)oc1ccccc12. The Hall–Kier alpha value is -3.74. The van der Waals surface area contributed by atoms with Crippen LogP contribution in [-0.2, 0) is 16.6 Å². The number of amides is 1. The largest absolute Gasteiger partial charge is 0.495 e. The molecule has 7 nitrogen and oxygen atoms in total. The zero-order chi connectivity index (χ0) is 20.5. The molecule has 4 rings (SSSR count). The molecular weight excluding hydrogens is 372 g/mol. The van der Waals surface area contributed by atoms with Crippen LogP contribution in [0.1, 0.15) is 17.4 Å². The molecule has 2 aromatic heterocycles. The molecule has 1 N–H and O–H groups in total. The number of hydrogen-bond acceptors (Lipinski definition) is 5. The molecule has 0 fully saturated rings. The minimum absolute atomic E-state index is 0.367. The monoisotopic (exact) mass is 392 g/mol.